The molecule has 0 N–H and O–H groups in total. The highest BCUT2D eigenvalue weighted by Crippen LogP contribution is 2.30. The van der Waals surface area contributed by atoms with Gasteiger partial charge in [0.05, 0.1) is 6.54 Å². The first kappa shape index (κ1) is 18.7. The molecule has 138 valence electrons. The summed E-state index contributed by atoms with van der Waals surface area (Å²) >= 11 is 0. The van der Waals surface area contributed by atoms with Crippen LogP contribution in [-0.2, 0) is 6.54 Å². The third-order valence-electron chi connectivity index (χ3n) is 4.53. The van der Waals surface area contributed by atoms with Gasteiger partial charge >= 0.3 is 0 Å². The molecule has 0 saturated heterocycles. The second kappa shape index (κ2) is 9.04. The summed E-state index contributed by atoms with van der Waals surface area (Å²) in [5.74, 6) is 0. The normalized spacial score (nSPS) is 11.4. The van der Waals surface area contributed by atoms with Crippen LogP contribution in [0.2, 0.25) is 0 Å². The van der Waals surface area contributed by atoms with Crippen molar-refractivity contribution in [1.82, 2.24) is 4.57 Å². The fourth-order valence-electron chi connectivity index (χ4n) is 3.13. The number of hydrogen-bond donors (Lipinski definition) is 0. The second-order valence-corrected chi connectivity index (χ2v) is 6.61. The van der Waals surface area contributed by atoms with Gasteiger partial charge in [0, 0.05) is 28.8 Å². The van der Waals surface area contributed by atoms with Gasteiger partial charge in [-0.3, -0.25) is 4.79 Å². The number of anilines is 2. The van der Waals surface area contributed by atoms with E-state index >= 15 is 0 Å². The van der Waals surface area contributed by atoms with Crippen molar-refractivity contribution in [3.63, 3.8) is 0 Å². The zero-order chi connectivity index (χ0) is 19.1. The Morgan fingerprint density at radius 2 is 1.52 bits per heavy atom. The van der Waals surface area contributed by atoms with Crippen molar-refractivity contribution in [2.45, 2.75) is 33.2 Å². The van der Waals surface area contributed by atoms with Crippen molar-refractivity contribution in [2.75, 3.05) is 4.90 Å². The number of nitrogens with zero attached hydrogens (tertiary/aromatic N) is 2. The Labute approximate surface area is 161 Å². The molecule has 3 nitrogen and oxygen atoms in total. The summed E-state index contributed by atoms with van der Waals surface area (Å²) in [5.41, 5.74) is 4.10. The largest absolute Gasteiger partial charge is 0.313 e. The van der Waals surface area contributed by atoms with E-state index in [2.05, 4.69) is 42.2 Å². The minimum Gasteiger partial charge on any atom is -0.313 e. The number of aromatic nitrogens is 1. The van der Waals surface area contributed by atoms with Crippen LogP contribution in [0.15, 0.2) is 95.6 Å². The Kier molecular flexibility index (Phi) is 6.26. The Balaban J connectivity index is 2.09. The van der Waals surface area contributed by atoms with Crippen LogP contribution in [0.3, 0.4) is 0 Å². The van der Waals surface area contributed by atoms with Crippen LogP contribution in [-0.4, -0.2) is 4.57 Å². The maximum absolute atomic E-state index is 12.6. The van der Waals surface area contributed by atoms with Crippen molar-refractivity contribution in [2.24, 2.45) is 0 Å². The monoisotopic (exact) mass is 358 g/mol. The van der Waals surface area contributed by atoms with E-state index < -0.39 is 0 Å². The van der Waals surface area contributed by atoms with Gasteiger partial charge in [-0.05, 0) is 43.7 Å². The molecular weight excluding hydrogens is 332 g/mol. The molecule has 0 saturated carbocycles. The number of allylic oxidation sites excluding steroid dienone is 2. The van der Waals surface area contributed by atoms with E-state index in [1.807, 2.05) is 61.7 Å². The number of unbranched alkanes of at least 4 members (excludes halogenated alkanes) is 1. The molecule has 0 unspecified atom stereocenters. The predicted octanol–water partition coefficient (Wildman–Crippen LogP) is 5.68. The molecule has 0 aliphatic heterocycles. The molecule has 0 bridgehead atoms. The molecule has 1 aromatic heterocycles. The van der Waals surface area contributed by atoms with Gasteiger partial charge in [-0.2, -0.15) is 0 Å². The number of aryl methyl sites for hydroxylation is 1. The molecule has 2 aromatic carbocycles. The molecule has 3 heteroatoms. The summed E-state index contributed by atoms with van der Waals surface area (Å²) in [7, 11) is 0. The van der Waals surface area contributed by atoms with E-state index in [4.69, 9.17) is 0 Å². The molecule has 0 amide bonds. The predicted molar refractivity (Wildman–Crippen MR) is 113 cm³/mol. The Morgan fingerprint density at radius 1 is 0.926 bits per heavy atom. The van der Waals surface area contributed by atoms with Crippen molar-refractivity contribution in [1.29, 1.82) is 0 Å². The van der Waals surface area contributed by atoms with E-state index in [1.165, 1.54) is 0 Å². The third kappa shape index (κ3) is 4.56. The molecule has 3 rings (SSSR count). The van der Waals surface area contributed by atoms with Gasteiger partial charge in [0.1, 0.15) is 0 Å². The van der Waals surface area contributed by atoms with Crippen LogP contribution in [0.5, 0.6) is 0 Å². The van der Waals surface area contributed by atoms with E-state index in [9.17, 15) is 4.79 Å². The molecule has 0 spiro atoms. The van der Waals surface area contributed by atoms with Crippen LogP contribution in [0.4, 0.5) is 11.4 Å². The molecule has 27 heavy (non-hydrogen) atoms. The van der Waals surface area contributed by atoms with Gasteiger partial charge in [0.2, 0.25) is 0 Å². The summed E-state index contributed by atoms with van der Waals surface area (Å²) in [6, 6.07) is 24.4. The molecule has 0 radical (unpaired) electrons. The molecule has 0 fully saturated rings. The summed E-state index contributed by atoms with van der Waals surface area (Å²) in [4.78, 5) is 14.8. The molecule has 0 atom stereocenters. The van der Waals surface area contributed by atoms with Crippen LogP contribution in [0.25, 0.3) is 0 Å². The molecule has 0 aliphatic carbocycles. The van der Waals surface area contributed by atoms with Crippen LogP contribution in [0.1, 0.15) is 25.3 Å². The van der Waals surface area contributed by atoms with Gasteiger partial charge in [-0.15, -0.1) is 0 Å². The Bertz CT molecular complexity index is 903. The van der Waals surface area contributed by atoms with Crippen LogP contribution >= 0.6 is 0 Å². The smallest absolute Gasteiger partial charge is 0.253 e. The zero-order valence-corrected chi connectivity index (χ0v) is 16.0. The minimum atomic E-state index is 0.0565. The fourth-order valence-corrected chi connectivity index (χ4v) is 3.13. The number of rotatable bonds is 7. The first-order valence-corrected chi connectivity index (χ1v) is 9.46. The highest BCUT2D eigenvalue weighted by atomic mass is 16.1. The lowest BCUT2D eigenvalue weighted by atomic mass is 10.1. The average molecular weight is 358 g/mol. The molecular formula is C24H26N2O. The van der Waals surface area contributed by atoms with Crippen molar-refractivity contribution >= 4 is 11.4 Å². The summed E-state index contributed by atoms with van der Waals surface area (Å²) < 4.78 is 1.79. The summed E-state index contributed by atoms with van der Waals surface area (Å²) in [5, 5.41) is 0. The first-order chi connectivity index (χ1) is 13.2. The van der Waals surface area contributed by atoms with Gasteiger partial charge in [0.15, 0.2) is 0 Å². The SMILES string of the molecule is CCCC=C(Cn1cccc(C)c1=O)N(c1ccccc1)c1ccccc1. The van der Waals surface area contributed by atoms with E-state index in [1.54, 1.807) is 4.57 Å². The first-order valence-electron chi connectivity index (χ1n) is 9.46. The highest BCUT2D eigenvalue weighted by molar-refractivity contribution is 5.68. The van der Waals surface area contributed by atoms with Gasteiger partial charge in [-0.1, -0.05) is 61.9 Å². The maximum atomic E-state index is 12.6. The van der Waals surface area contributed by atoms with Crippen molar-refractivity contribution in [3.05, 3.63) is 107 Å². The van der Waals surface area contributed by atoms with Crippen molar-refractivity contribution < 1.29 is 0 Å². The zero-order valence-electron chi connectivity index (χ0n) is 16.0. The number of benzene rings is 2. The topological polar surface area (TPSA) is 25.2 Å². The molecule has 0 aliphatic rings. The molecule has 3 aromatic rings. The lowest BCUT2D eigenvalue weighted by Crippen LogP contribution is -2.27. The Hall–Kier alpha value is -3.07. The summed E-state index contributed by atoms with van der Waals surface area (Å²) in [6.45, 7) is 4.56. The quantitative estimate of drug-likeness (QED) is 0.543. The fraction of sp³-hybridized carbons (Fsp3) is 0.208. The van der Waals surface area contributed by atoms with E-state index in [0.29, 0.717) is 6.54 Å². The number of pyridine rings is 1. The van der Waals surface area contributed by atoms with E-state index in [0.717, 1.165) is 35.5 Å². The van der Waals surface area contributed by atoms with Gasteiger partial charge in [0.25, 0.3) is 5.56 Å². The van der Waals surface area contributed by atoms with E-state index in [-0.39, 0.29) is 5.56 Å². The highest BCUT2D eigenvalue weighted by Gasteiger charge is 2.15. The Morgan fingerprint density at radius 3 is 2.07 bits per heavy atom. The standard InChI is InChI=1S/C24H26N2O/c1-3-4-13-23(19-25-18-11-12-20(2)24(25)27)26(21-14-7-5-8-15-21)22-16-9-6-10-17-22/h5-18H,3-4,19H2,1-2H3. The lowest BCUT2D eigenvalue weighted by molar-refractivity contribution is 0.721. The number of para-hydroxylation sites is 2. The average Bonchev–Trinajstić information content (AvgIpc) is 2.71. The van der Waals surface area contributed by atoms with Crippen LogP contribution < -0.4 is 10.5 Å². The third-order valence-corrected chi connectivity index (χ3v) is 4.53. The lowest BCUT2D eigenvalue weighted by Gasteiger charge is -2.28. The minimum absolute atomic E-state index is 0.0565. The molecule has 1 heterocycles. The maximum Gasteiger partial charge on any atom is 0.253 e. The van der Waals surface area contributed by atoms with Crippen molar-refractivity contribution in [3.8, 4) is 0 Å². The van der Waals surface area contributed by atoms with Crippen LogP contribution in [0, 0.1) is 6.92 Å². The van der Waals surface area contributed by atoms with Gasteiger partial charge < -0.3 is 9.47 Å². The summed E-state index contributed by atoms with van der Waals surface area (Å²) in [6.07, 6.45) is 6.13. The van der Waals surface area contributed by atoms with Gasteiger partial charge in [-0.25, -0.2) is 0 Å². The second-order valence-electron chi connectivity index (χ2n) is 6.61. The number of hydrogen-bond acceptors (Lipinski definition) is 2.